The van der Waals surface area contributed by atoms with E-state index in [1.807, 2.05) is 4.90 Å². The zero-order valence-electron chi connectivity index (χ0n) is 11.7. The highest BCUT2D eigenvalue weighted by Gasteiger charge is 2.36. The van der Waals surface area contributed by atoms with Gasteiger partial charge in [0.1, 0.15) is 11.5 Å². The molecule has 2 unspecified atom stereocenters. The van der Waals surface area contributed by atoms with E-state index in [1.54, 1.807) is 12.1 Å². The summed E-state index contributed by atoms with van der Waals surface area (Å²) in [6.45, 7) is 2.64. The van der Waals surface area contributed by atoms with Crippen LogP contribution in [-0.2, 0) is 0 Å². The molecule has 2 saturated heterocycles. The van der Waals surface area contributed by atoms with Gasteiger partial charge in [-0.1, -0.05) is 0 Å². The van der Waals surface area contributed by atoms with Gasteiger partial charge in [0.05, 0.1) is 0 Å². The highest BCUT2D eigenvalue weighted by molar-refractivity contribution is 5.98. The molecule has 1 aromatic carbocycles. The van der Waals surface area contributed by atoms with Crippen molar-refractivity contribution in [3.05, 3.63) is 35.8 Å². The number of halogens is 1. The number of carbonyl (C=O) groups is 1. The minimum atomic E-state index is -0.281. The third-order valence-electron chi connectivity index (χ3n) is 4.70. The number of rotatable bonds is 1. The zero-order valence-corrected chi connectivity index (χ0v) is 11.7. The fourth-order valence-electron chi connectivity index (χ4n) is 3.60. The monoisotopic (exact) mass is 287 g/mol. The van der Waals surface area contributed by atoms with Crippen molar-refractivity contribution < 1.29 is 9.18 Å². The van der Waals surface area contributed by atoms with Gasteiger partial charge in [-0.25, -0.2) is 4.39 Å². The van der Waals surface area contributed by atoms with Crippen LogP contribution in [0.2, 0.25) is 0 Å². The summed E-state index contributed by atoms with van der Waals surface area (Å²) < 4.78 is 13.2. The second-order valence-electron chi connectivity index (χ2n) is 6.09. The van der Waals surface area contributed by atoms with Crippen LogP contribution in [0.5, 0.6) is 0 Å². The maximum Gasteiger partial charge on any atom is 0.270 e. The lowest BCUT2D eigenvalue weighted by atomic mass is 9.94. The summed E-state index contributed by atoms with van der Waals surface area (Å²) in [5, 5.41) is 4.24. The van der Waals surface area contributed by atoms with Gasteiger partial charge in [-0.15, -0.1) is 0 Å². The molecular weight excluding hydrogens is 269 g/mol. The topological polar surface area (TPSA) is 48.1 Å². The van der Waals surface area contributed by atoms with Crippen molar-refractivity contribution in [1.82, 2.24) is 15.2 Å². The summed E-state index contributed by atoms with van der Waals surface area (Å²) in [6.07, 6.45) is 2.38. The highest BCUT2D eigenvalue weighted by Crippen LogP contribution is 2.26. The number of aromatic nitrogens is 1. The molecule has 4 rings (SSSR count). The standard InChI is InChI=1S/C16H18FN3O/c17-12-3-4-13-11(6-12)7-14(19-13)16(21)20-8-10-2-1-5-18-15(10)9-20/h3-4,6-7,10,15,18-19H,1-2,5,8-9H2. The van der Waals surface area contributed by atoms with Gasteiger partial charge in [-0.3, -0.25) is 4.79 Å². The van der Waals surface area contributed by atoms with Crippen LogP contribution in [0.15, 0.2) is 24.3 Å². The fraction of sp³-hybridized carbons (Fsp3) is 0.438. The molecule has 0 radical (unpaired) electrons. The molecule has 3 heterocycles. The molecule has 2 N–H and O–H groups in total. The van der Waals surface area contributed by atoms with E-state index in [2.05, 4.69) is 10.3 Å². The Balaban J connectivity index is 1.58. The largest absolute Gasteiger partial charge is 0.351 e. The van der Waals surface area contributed by atoms with Crippen molar-refractivity contribution in [2.75, 3.05) is 19.6 Å². The molecule has 110 valence electrons. The zero-order chi connectivity index (χ0) is 14.4. The van der Waals surface area contributed by atoms with E-state index in [0.29, 0.717) is 17.7 Å². The van der Waals surface area contributed by atoms with Gasteiger partial charge >= 0.3 is 0 Å². The van der Waals surface area contributed by atoms with Gasteiger partial charge < -0.3 is 15.2 Å². The minimum absolute atomic E-state index is 0.0165. The summed E-state index contributed by atoms with van der Waals surface area (Å²) in [7, 11) is 0. The molecule has 0 aliphatic carbocycles. The number of benzene rings is 1. The van der Waals surface area contributed by atoms with Gasteiger partial charge in [0.15, 0.2) is 0 Å². The molecule has 1 amide bonds. The first kappa shape index (κ1) is 12.8. The molecular formula is C16H18FN3O. The predicted octanol–water partition coefficient (Wildman–Crippen LogP) is 2.13. The molecule has 2 aliphatic rings. The summed E-state index contributed by atoms with van der Waals surface area (Å²) in [6, 6.07) is 6.71. The van der Waals surface area contributed by atoms with Crippen molar-refractivity contribution in [1.29, 1.82) is 0 Å². The first-order valence-corrected chi connectivity index (χ1v) is 7.51. The molecule has 1 aromatic heterocycles. The maximum absolute atomic E-state index is 13.2. The quantitative estimate of drug-likeness (QED) is 0.844. The number of piperidine rings is 1. The van der Waals surface area contributed by atoms with Crippen LogP contribution >= 0.6 is 0 Å². The first-order valence-electron chi connectivity index (χ1n) is 7.51. The van der Waals surface area contributed by atoms with E-state index in [4.69, 9.17) is 0 Å². The van der Waals surface area contributed by atoms with Crippen molar-refractivity contribution in [3.8, 4) is 0 Å². The van der Waals surface area contributed by atoms with E-state index < -0.39 is 0 Å². The van der Waals surface area contributed by atoms with E-state index in [9.17, 15) is 9.18 Å². The van der Waals surface area contributed by atoms with E-state index in [-0.39, 0.29) is 11.7 Å². The van der Waals surface area contributed by atoms with Gasteiger partial charge in [0.25, 0.3) is 5.91 Å². The average molecular weight is 287 g/mol. The van der Waals surface area contributed by atoms with Crippen LogP contribution < -0.4 is 5.32 Å². The van der Waals surface area contributed by atoms with E-state index in [0.717, 1.165) is 30.5 Å². The van der Waals surface area contributed by atoms with Crippen LogP contribution in [0.25, 0.3) is 10.9 Å². The second-order valence-corrected chi connectivity index (χ2v) is 6.09. The summed E-state index contributed by atoms with van der Waals surface area (Å²) in [5.41, 5.74) is 1.35. The van der Waals surface area contributed by atoms with Gasteiger partial charge in [-0.2, -0.15) is 0 Å². The smallest absolute Gasteiger partial charge is 0.270 e. The van der Waals surface area contributed by atoms with Crippen molar-refractivity contribution in [3.63, 3.8) is 0 Å². The number of hydrogen-bond acceptors (Lipinski definition) is 2. The van der Waals surface area contributed by atoms with Crippen LogP contribution in [0.3, 0.4) is 0 Å². The Morgan fingerprint density at radius 1 is 1.29 bits per heavy atom. The molecule has 0 spiro atoms. The summed E-state index contributed by atoms with van der Waals surface area (Å²) in [4.78, 5) is 17.6. The van der Waals surface area contributed by atoms with Gasteiger partial charge in [-0.05, 0) is 49.6 Å². The molecule has 2 atom stereocenters. The SMILES string of the molecule is O=C(c1cc2cc(F)ccc2[nH]1)N1CC2CCCNC2C1. The molecule has 0 bridgehead atoms. The number of amides is 1. The lowest BCUT2D eigenvalue weighted by molar-refractivity contribution is 0.0781. The Hall–Kier alpha value is -1.88. The van der Waals surface area contributed by atoms with Crippen molar-refractivity contribution >= 4 is 16.8 Å². The van der Waals surface area contributed by atoms with Gasteiger partial charge in [0, 0.05) is 30.0 Å². The Morgan fingerprint density at radius 3 is 3.05 bits per heavy atom. The first-order chi connectivity index (χ1) is 10.2. The number of fused-ring (bicyclic) bond motifs is 2. The van der Waals surface area contributed by atoms with Crippen molar-refractivity contribution in [2.24, 2.45) is 5.92 Å². The molecule has 4 nitrogen and oxygen atoms in total. The van der Waals surface area contributed by atoms with Crippen LogP contribution in [0.1, 0.15) is 23.3 Å². The lowest BCUT2D eigenvalue weighted by Crippen LogP contribution is -2.41. The fourth-order valence-corrected chi connectivity index (χ4v) is 3.60. The number of hydrogen-bond donors (Lipinski definition) is 2. The van der Waals surface area contributed by atoms with Crippen molar-refractivity contribution in [2.45, 2.75) is 18.9 Å². The van der Waals surface area contributed by atoms with Crippen LogP contribution in [0.4, 0.5) is 4.39 Å². The minimum Gasteiger partial charge on any atom is -0.351 e. The molecule has 0 saturated carbocycles. The van der Waals surface area contributed by atoms with Crippen LogP contribution in [0, 0.1) is 11.7 Å². The Bertz CT molecular complexity index is 682. The third kappa shape index (κ3) is 2.21. The Labute approximate surface area is 122 Å². The normalized spacial score (nSPS) is 25.3. The van der Waals surface area contributed by atoms with E-state index in [1.165, 1.54) is 25.0 Å². The molecule has 2 fully saturated rings. The molecule has 21 heavy (non-hydrogen) atoms. The number of nitrogens with one attached hydrogen (secondary N) is 2. The number of nitrogens with zero attached hydrogens (tertiary/aromatic N) is 1. The molecule has 2 aromatic rings. The maximum atomic E-state index is 13.2. The average Bonchev–Trinajstić information content (AvgIpc) is 3.09. The third-order valence-corrected chi connectivity index (χ3v) is 4.70. The number of likely N-dealkylation sites (tertiary alicyclic amines) is 1. The van der Waals surface area contributed by atoms with Crippen LogP contribution in [-0.4, -0.2) is 41.5 Å². The second kappa shape index (κ2) is 4.84. The molecule has 2 aliphatic heterocycles. The summed E-state index contributed by atoms with van der Waals surface area (Å²) >= 11 is 0. The van der Waals surface area contributed by atoms with E-state index >= 15 is 0 Å². The number of aromatic amines is 1. The predicted molar refractivity (Wildman–Crippen MR) is 78.7 cm³/mol. The summed E-state index contributed by atoms with van der Waals surface area (Å²) in [5.74, 6) is 0.309. The molecule has 5 heteroatoms. The Morgan fingerprint density at radius 2 is 2.19 bits per heavy atom. The number of H-pyrrole nitrogens is 1. The lowest BCUT2D eigenvalue weighted by Gasteiger charge is -2.24. The number of carbonyl (C=O) groups excluding carboxylic acids is 1. The Kier molecular flexibility index (Phi) is 2.96. The van der Waals surface area contributed by atoms with Gasteiger partial charge in [0.2, 0.25) is 0 Å². The highest BCUT2D eigenvalue weighted by atomic mass is 19.1.